The molecule has 7 heteroatoms. The summed E-state index contributed by atoms with van der Waals surface area (Å²) in [4.78, 5) is 24.1. The molecule has 0 amide bonds. The first-order chi connectivity index (χ1) is 13.2. The van der Waals surface area contributed by atoms with Crippen molar-refractivity contribution < 1.29 is 9.13 Å². The maximum absolute atomic E-state index is 13.2. The van der Waals surface area contributed by atoms with Crippen LogP contribution in [0.2, 0.25) is 0 Å². The number of fused-ring (bicyclic) bond motifs is 1. The Labute approximate surface area is 153 Å². The molecule has 134 valence electrons. The Morgan fingerprint density at radius 1 is 1.07 bits per heavy atom. The molecular formula is C20H15FN4O2. The Kier molecular flexibility index (Phi) is 4.25. The van der Waals surface area contributed by atoms with Crippen LogP contribution in [0, 0.1) is 5.82 Å². The number of hydrogen-bond donors (Lipinski definition) is 2. The predicted molar refractivity (Wildman–Crippen MR) is 102 cm³/mol. The SMILES string of the molecule is COc1ccccc1Nc1nc2nccc(-c3ccc(F)cc3)c2c(=O)[nH]1. The molecule has 4 aromatic rings. The van der Waals surface area contributed by atoms with Crippen LogP contribution in [0.15, 0.2) is 65.6 Å². The Morgan fingerprint density at radius 2 is 1.85 bits per heavy atom. The first kappa shape index (κ1) is 16.7. The maximum Gasteiger partial charge on any atom is 0.262 e. The predicted octanol–water partition coefficient (Wildman–Crippen LogP) is 3.88. The number of aromatic amines is 1. The van der Waals surface area contributed by atoms with Crippen molar-refractivity contribution in [2.45, 2.75) is 0 Å². The monoisotopic (exact) mass is 362 g/mol. The van der Waals surface area contributed by atoms with Crippen LogP contribution in [0.3, 0.4) is 0 Å². The van der Waals surface area contributed by atoms with Gasteiger partial charge in [-0.15, -0.1) is 0 Å². The number of para-hydroxylation sites is 2. The molecule has 0 spiro atoms. The number of nitrogens with zero attached hydrogens (tertiary/aromatic N) is 2. The summed E-state index contributed by atoms with van der Waals surface area (Å²) < 4.78 is 18.5. The Bertz CT molecular complexity index is 1170. The van der Waals surface area contributed by atoms with E-state index in [1.807, 2.05) is 18.2 Å². The number of benzene rings is 2. The molecule has 0 bridgehead atoms. The number of H-pyrrole nitrogens is 1. The van der Waals surface area contributed by atoms with E-state index in [0.717, 1.165) is 0 Å². The zero-order valence-corrected chi connectivity index (χ0v) is 14.4. The van der Waals surface area contributed by atoms with Gasteiger partial charge in [-0.05, 0) is 41.5 Å². The molecule has 0 saturated heterocycles. The van der Waals surface area contributed by atoms with Crippen molar-refractivity contribution in [3.8, 4) is 16.9 Å². The fraction of sp³-hybridized carbons (Fsp3) is 0.0500. The lowest BCUT2D eigenvalue weighted by molar-refractivity contribution is 0.417. The average molecular weight is 362 g/mol. The molecule has 4 rings (SSSR count). The van der Waals surface area contributed by atoms with Gasteiger partial charge in [0, 0.05) is 6.20 Å². The van der Waals surface area contributed by atoms with Crippen molar-refractivity contribution in [3.63, 3.8) is 0 Å². The van der Waals surface area contributed by atoms with E-state index in [9.17, 15) is 9.18 Å². The fourth-order valence-electron chi connectivity index (χ4n) is 2.87. The van der Waals surface area contributed by atoms with Gasteiger partial charge in [0.25, 0.3) is 5.56 Å². The first-order valence-electron chi connectivity index (χ1n) is 8.21. The third kappa shape index (κ3) is 3.22. The Balaban J connectivity index is 1.81. The summed E-state index contributed by atoms with van der Waals surface area (Å²) in [6.07, 6.45) is 1.57. The largest absolute Gasteiger partial charge is 0.495 e. The number of nitrogens with one attached hydrogen (secondary N) is 2. The molecule has 0 aliphatic rings. The zero-order valence-electron chi connectivity index (χ0n) is 14.4. The van der Waals surface area contributed by atoms with E-state index in [2.05, 4.69) is 20.3 Å². The molecule has 27 heavy (non-hydrogen) atoms. The summed E-state index contributed by atoms with van der Waals surface area (Å²) >= 11 is 0. The second-order valence-electron chi connectivity index (χ2n) is 5.80. The van der Waals surface area contributed by atoms with Gasteiger partial charge < -0.3 is 10.1 Å². The number of anilines is 2. The summed E-state index contributed by atoms with van der Waals surface area (Å²) in [6.45, 7) is 0. The molecule has 2 heterocycles. The highest BCUT2D eigenvalue weighted by Gasteiger charge is 2.12. The molecule has 0 aliphatic heterocycles. The quantitative estimate of drug-likeness (QED) is 0.576. The Hall–Kier alpha value is -3.74. The topological polar surface area (TPSA) is 79.9 Å². The molecule has 0 radical (unpaired) electrons. The van der Waals surface area contributed by atoms with Gasteiger partial charge in [-0.25, -0.2) is 9.37 Å². The van der Waals surface area contributed by atoms with Crippen LogP contribution in [0.4, 0.5) is 16.0 Å². The van der Waals surface area contributed by atoms with E-state index < -0.39 is 0 Å². The maximum atomic E-state index is 13.2. The summed E-state index contributed by atoms with van der Waals surface area (Å²) in [5.41, 5.74) is 1.96. The molecule has 2 aromatic heterocycles. The molecule has 0 atom stereocenters. The van der Waals surface area contributed by atoms with Gasteiger partial charge in [-0.3, -0.25) is 9.78 Å². The minimum Gasteiger partial charge on any atom is -0.495 e. The first-order valence-corrected chi connectivity index (χ1v) is 8.21. The molecule has 0 saturated carbocycles. The summed E-state index contributed by atoms with van der Waals surface area (Å²) in [5, 5.41) is 3.38. The van der Waals surface area contributed by atoms with Gasteiger partial charge >= 0.3 is 0 Å². The fourth-order valence-corrected chi connectivity index (χ4v) is 2.87. The molecule has 6 nitrogen and oxygen atoms in total. The third-order valence-electron chi connectivity index (χ3n) is 4.12. The highest BCUT2D eigenvalue weighted by atomic mass is 19.1. The van der Waals surface area contributed by atoms with Gasteiger partial charge in [0.15, 0.2) is 5.65 Å². The molecule has 2 aromatic carbocycles. The standard InChI is InChI=1S/C20H15FN4O2/c1-27-16-5-3-2-4-15(16)23-20-24-18-17(19(26)25-20)14(10-11-22-18)12-6-8-13(21)9-7-12/h2-11H,1H3,(H2,22,23,24,25,26). The van der Waals surface area contributed by atoms with Crippen LogP contribution in [0.25, 0.3) is 22.2 Å². The van der Waals surface area contributed by atoms with Crippen LogP contribution in [0.5, 0.6) is 5.75 Å². The normalized spacial score (nSPS) is 10.7. The highest BCUT2D eigenvalue weighted by Crippen LogP contribution is 2.27. The van der Waals surface area contributed by atoms with Crippen LogP contribution >= 0.6 is 0 Å². The number of hydrogen-bond acceptors (Lipinski definition) is 5. The van der Waals surface area contributed by atoms with Gasteiger partial charge in [-0.1, -0.05) is 24.3 Å². The lowest BCUT2D eigenvalue weighted by Crippen LogP contribution is -2.13. The minimum absolute atomic E-state index is 0.251. The van der Waals surface area contributed by atoms with E-state index >= 15 is 0 Å². The smallest absolute Gasteiger partial charge is 0.262 e. The van der Waals surface area contributed by atoms with Crippen molar-refractivity contribution in [1.29, 1.82) is 0 Å². The van der Waals surface area contributed by atoms with Crippen molar-refractivity contribution in [2.75, 3.05) is 12.4 Å². The van der Waals surface area contributed by atoms with Crippen LogP contribution < -0.4 is 15.6 Å². The van der Waals surface area contributed by atoms with Crippen molar-refractivity contribution in [3.05, 3.63) is 77.0 Å². The summed E-state index contributed by atoms with van der Waals surface area (Å²) in [5.74, 6) is 0.529. The number of methoxy groups -OCH3 is 1. The van der Waals surface area contributed by atoms with Crippen LogP contribution in [-0.4, -0.2) is 22.1 Å². The van der Waals surface area contributed by atoms with Crippen LogP contribution in [0.1, 0.15) is 0 Å². The van der Waals surface area contributed by atoms with Crippen LogP contribution in [-0.2, 0) is 0 Å². The highest BCUT2D eigenvalue weighted by molar-refractivity contribution is 5.92. The average Bonchev–Trinajstić information content (AvgIpc) is 2.68. The lowest BCUT2D eigenvalue weighted by atomic mass is 10.0. The Morgan fingerprint density at radius 3 is 2.63 bits per heavy atom. The van der Waals surface area contributed by atoms with Gasteiger partial charge in [0.05, 0.1) is 18.2 Å². The van der Waals surface area contributed by atoms with Crippen molar-refractivity contribution in [2.24, 2.45) is 0 Å². The van der Waals surface area contributed by atoms with Crippen molar-refractivity contribution >= 4 is 22.7 Å². The van der Waals surface area contributed by atoms with Crippen molar-refractivity contribution in [1.82, 2.24) is 15.0 Å². The number of rotatable bonds is 4. The summed E-state index contributed by atoms with van der Waals surface area (Å²) in [6, 6.07) is 14.9. The third-order valence-corrected chi connectivity index (χ3v) is 4.12. The van der Waals surface area contributed by atoms with E-state index in [1.54, 1.807) is 37.6 Å². The molecule has 0 aliphatic carbocycles. The van der Waals surface area contributed by atoms with E-state index in [0.29, 0.717) is 28.0 Å². The molecule has 2 N–H and O–H groups in total. The molecule has 0 fully saturated rings. The minimum atomic E-state index is -0.343. The number of ether oxygens (including phenoxy) is 1. The summed E-state index contributed by atoms with van der Waals surface area (Å²) in [7, 11) is 1.56. The number of aromatic nitrogens is 3. The zero-order chi connectivity index (χ0) is 18.8. The van der Waals surface area contributed by atoms with Gasteiger partial charge in [0.1, 0.15) is 11.6 Å². The lowest BCUT2D eigenvalue weighted by Gasteiger charge is -2.11. The molecule has 0 unspecified atom stereocenters. The second-order valence-corrected chi connectivity index (χ2v) is 5.80. The van der Waals surface area contributed by atoms with E-state index in [1.165, 1.54) is 12.1 Å². The van der Waals surface area contributed by atoms with Gasteiger partial charge in [0.2, 0.25) is 5.95 Å². The molecular weight excluding hydrogens is 347 g/mol. The van der Waals surface area contributed by atoms with E-state index in [-0.39, 0.29) is 23.0 Å². The van der Waals surface area contributed by atoms with Gasteiger partial charge in [-0.2, -0.15) is 4.98 Å². The number of pyridine rings is 1. The number of halogens is 1. The second kappa shape index (κ2) is 6.87. The van der Waals surface area contributed by atoms with E-state index in [4.69, 9.17) is 4.74 Å².